The number of urea groups is 1. The normalized spacial score (nSPS) is 13.7. The zero-order valence-corrected chi connectivity index (χ0v) is 8.01. The molecule has 0 bridgehead atoms. The molecule has 2 amide bonds. The first-order valence-electron chi connectivity index (χ1n) is 4.55. The third kappa shape index (κ3) is 2.47. The average molecular weight is 205 g/mol. The van der Waals surface area contributed by atoms with Gasteiger partial charge in [0, 0.05) is 6.54 Å². The Balaban J connectivity index is 1.83. The number of amides is 2. The fraction of sp³-hybridized carbons (Fsp3) is 0.100. The van der Waals surface area contributed by atoms with Crippen molar-refractivity contribution >= 4 is 6.03 Å². The SMILES string of the molecule is O=C(NCc1ccccc1)N1C=CON1. The van der Waals surface area contributed by atoms with Crippen LogP contribution in [0.4, 0.5) is 4.79 Å². The number of hydrogen-bond acceptors (Lipinski definition) is 3. The molecular weight excluding hydrogens is 194 g/mol. The van der Waals surface area contributed by atoms with Gasteiger partial charge >= 0.3 is 6.03 Å². The molecule has 0 aromatic heterocycles. The molecule has 5 nitrogen and oxygen atoms in total. The summed E-state index contributed by atoms with van der Waals surface area (Å²) in [5.41, 5.74) is 3.45. The molecule has 0 spiro atoms. The van der Waals surface area contributed by atoms with E-state index >= 15 is 0 Å². The lowest BCUT2D eigenvalue weighted by Crippen LogP contribution is -2.41. The maximum Gasteiger partial charge on any atom is 0.338 e. The molecule has 1 heterocycles. The second kappa shape index (κ2) is 4.47. The van der Waals surface area contributed by atoms with Crippen LogP contribution in [0.15, 0.2) is 42.8 Å². The number of hydrazine groups is 1. The van der Waals surface area contributed by atoms with Crippen LogP contribution in [0.25, 0.3) is 0 Å². The predicted octanol–water partition coefficient (Wildman–Crippen LogP) is 1.12. The van der Waals surface area contributed by atoms with Crippen molar-refractivity contribution in [3.8, 4) is 0 Å². The molecule has 0 saturated heterocycles. The molecule has 1 aromatic carbocycles. The Hall–Kier alpha value is -2.01. The minimum Gasteiger partial charge on any atom is -0.395 e. The molecule has 1 aromatic rings. The third-order valence-electron chi connectivity index (χ3n) is 1.93. The molecule has 15 heavy (non-hydrogen) atoms. The molecule has 2 rings (SSSR count). The molecule has 0 unspecified atom stereocenters. The molecule has 1 aliphatic heterocycles. The maximum absolute atomic E-state index is 11.4. The zero-order valence-electron chi connectivity index (χ0n) is 8.01. The van der Waals surface area contributed by atoms with Crippen molar-refractivity contribution in [3.63, 3.8) is 0 Å². The lowest BCUT2D eigenvalue weighted by molar-refractivity contribution is 0.0560. The molecule has 5 heteroatoms. The van der Waals surface area contributed by atoms with E-state index in [4.69, 9.17) is 0 Å². The summed E-state index contributed by atoms with van der Waals surface area (Å²) in [4.78, 5) is 16.1. The molecule has 0 atom stereocenters. The number of rotatable bonds is 2. The summed E-state index contributed by atoms with van der Waals surface area (Å²) in [6, 6.07) is 9.43. The minimum absolute atomic E-state index is 0.257. The first-order chi connectivity index (χ1) is 7.36. The van der Waals surface area contributed by atoms with Gasteiger partial charge in [0.15, 0.2) is 0 Å². The van der Waals surface area contributed by atoms with Crippen LogP contribution in [-0.4, -0.2) is 11.0 Å². The number of nitrogens with one attached hydrogen (secondary N) is 2. The van der Waals surface area contributed by atoms with Crippen LogP contribution in [0, 0.1) is 0 Å². The van der Waals surface area contributed by atoms with Crippen molar-refractivity contribution in [1.29, 1.82) is 0 Å². The topological polar surface area (TPSA) is 53.6 Å². The highest BCUT2D eigenvalue weighted by molar-refractivity contribution is 5.74. The third-order valence-corrected chi connectivity index (χ3v) is 1.93. The lowest BCUT2D eigenvalue weighted by atomic mass is 10.2. The van der Waals surface area contributed by atoms with E-state index in [2.05, 4.69) is 15.7 Å². The van der Waals surface area contributed by atoms with Gasteiger partial charge in [-0.2, -0.15) is 5.01 Å². The van der Waals surface area contributed by atoms with Crippen LogP contribution in [0.5, 0.6) is 0 Å². The molecule has 0 fully saturated rings. The summed E-state index contributed by atoms with van der Waals surface area (Å²) in [6.45, 7) is 0.492. The van der Waals surface area contributed by atoms with E-state index in [1.807, 2.05) is 30.3 Å². The Labute approximate surface area is 87.3 Å². The molecule has 78 valence electrons. The number of carbonyl (C=O) groups is 1. The zero-order chi connectivity index (χ0) is 10.5. The second-order valence-corrected chi connectivity index (χ2v) is 3.01. The summed E-state index contributed by atoms with van der Waals surface area (Å²) in [5.74, 6) is 0. The van der Waals surface area contributed by atoms with E-state index < -0.39 is 0 Å². The van der Waals surface area contributed by atoms with Crippen molar-refractivity contribution in [3.05, 3.63) is 48.4 Å². The number of carbonyl (C=O) groups excluding carboxylic acids is 1. The van der Waals surface area contributed by atoms with Crippen LogP contribution < -0.4 is 10.9 Å². The first-order valence-corrected chi connectivity index (χ1v) is 4.55. The first kappa shape index (κ1) is 9.54. The number of nitrogens with zero attached hydrogens (tertiary/aromatic N) is 1. The van der Waals surface area contributed by atoms with E-state index in [1.165, 1.54) is 17.5 Å². The summed E-state index contributed by atoms with van der Waals surface area (Å²) in [5, 5.41) is 3.96. The Morgan fingerprint density at radius 1 is 1.40 bits per heavy atom. The van der Waals surface area contributed by atoms with E-state index in [0.29, 0.717) is 6.54 Å². The standard InChI is InChI=1S/C10H11N3O2/c14-10(13-6-7-15-12-13)11-8-9-4-2-1-3-5-9/h1-7,12H,8H2,(H,11,14). The van der Waals surface area contributed by atoms with Crippen molar-refractivity contribution < 1.29 is 9.63 Å². The predicted molar refractivity (Wildman–Crippen MR) is 53.9 cm³/mol. The molecular formula is C10H11N3O2. The molecule has 0 radical (unpaired) electrons. The van der Waals surface area contributed by atoms with Crippen LogP contribution in [-0.2, 0) is 11.4 Å². The Morgan fingerprint density at radius 3 is 2.87 bits per heavy atom. The van der Waals surface area contributed by atoms with Gasteiger partial charge in [-0.15, -0.1) is 0 Å². The van der Waals surface area contributed by atoms with Crippen LogP contribution >= 0.6 is 0 Å². The lowest BCUT2D eigenvalue weighted by Gasteiger charge is -2.12. The fourth-order valence-electron chi connectivity index (χ4n) is 1.18. The summed E-state index contributed by atoms with van der Waals surface area (Å²) in [7, 11) is 0. The highest BCUT2D eigenvalue weighted by Gasteiger charge is 2.13. The van der Waals surface area contributed by atoms with E-state index in [9.17, 15) is 4.79 Å². The van der Waals surface area contributed by atoms with Crippen LogP contribution in [0.1, 0.15) is 5.56 Å². The summed E-state index contributed by atoms with van der Waals surface area (Å²) in [6.07, 6.45) is 2.89. The monoisotopic (exact) mass is 205 g/mol. The summed E-state index contributed by atoms with van der Waals surface area (Å²) < 4.78 is 0. The Bertz CT molecular complexity index is 364. The maximum atomic E-state index is 11.4. The largest absolute Gasteiger partial charge is 0.395 e. The Morgan fingerprint density at radius 2 is 2.20 bits per heavy atom. The van der Waals surface area contributed by atoms with E-state index in [1.54, 1.807) is 0 Å². The van der Waals surface area contributed by atoms with Gasteiger partial charge in [0.25, 0.3) is 0 Å². The molecule has 0 aliphatic carbocycles. The van der Waals surface area contributed by atoms with Gasteiger partial charge in [-0.3, -0.25) is 0 Å². The van der Waals surface area contributed by atoms with Gasteiger partial charge in [0.1, 0.15) is 6.26 Å². The van der Waals surface area contributed by atoms with Gasteiger partial charge < -0.3 is 10.2 Å². The second-order valence-electron chi connectivity index (χ2n) is 3.01. The molecule has 2 N–H and O–H groups in total. The molecule has 1 aliphatic rings. The van der Waals surface area contributed by atoms with Crippen molar-refractivity contribution in [2.75, 3.05) is 0 Å². The van der Waals surface area contributed by atoms with Crippen LogP contribution in [0.2, 0.25) is 0 Å². The van der Waals surface area contributed by atoms with Crippen molar-refractivity contribution in [2.24, 2.45) is 0 Å². The smallest absolute Gasteiger partial charge is 0.338 e. The van der Waals surface area contributed by atoms with Gasteiger partial charge in [-0.05, 0) is 5.56 Å². The van der Waals surface area contributed by atoms with Gasteiger partial charge in [-0.25, -0.2) is 4.79 Å². The van der Waals surface area contributed by atoms with E-state index in [-0.39, 0.29) is 6.03 Å². The quantitative estimate of drug-likeness (QED) is 0.760. The minimum atomic E-state index is -0.257. The Kier molecular flexibility index (Phi) is 2.85. The van der Waals surface area contributed by atoms with Crippen molar-refractivity contribution in [2.45, 2.75) is 6.54 Å². The number of benzene rings is 1. The highest BCUT2D eigenvalue weighted by Crippen LogP contribution is 1.99. The van der Waals surface area contributed by atoms with Gasteiger partial charge in [0.05, 0.1) is 6.20 Å². The molecule has 0 saturated carbocycles. The van der Waals surface area contributed by atoms with Gasteiger partial charge in [-0.1, -0.05) is 35.9 Å². The number of hydrogen-bond donors (Lipinski definition) is 2. The summed E-state index contributed by atoms with van der Waals surface area (Å²) >= 11 is 0. The van der Waals surface area contributed by atoms with Crippen molar-refractivity contribution in [1.82, 2.24) is 15.9 Å². The average Bonchev–Trinajstić information content (AvgIpc) is 2.81. The van der Waals surface area contributed by atoms with Crippen LogP contribution in [0.3, 0.4) is 0 Å². The highest BCUT2D eigenvalue weighted by atomic mass is 16.7. The van der Waals surface area contributed by atoms with E-state index in [0.717, 1.165) is 5.56 Å². The van der Waals surface area contributed by atoms with Gasteiger partial charge in [0.2, 0.25) is 0 Å². The fourth-order valence-corrected chi connectivity index (χ4v) is 1.18.